The highest BCUT2D eigenvalue weighted by molar-refractivity contribution is 5.98. The van der Waals surface area contributed by atoms with Crippen molar-refractivity contribution >= 4 is 23.5 Å². The van der Waals surface area contributed by atoms with Crippen molar-refractivity contribution in [3.05, 3.63) is 35.9 Å². The largest absolute Gasteiger partial charge is 0.455 e. The topological polar surface area (TPSA) is 177 Å². The van der Waals surface area contributed by atoms with Crippen LogP contribution in [-0.2, 0) is 28.6 Å². The number of ether oxygens (including phenoxy) is 3. The average Bonchev–Trinajstić information content (AvgIpc) is 2.90. The van der Waals surface area contributed by atoms with Crippen molar-refractivity contribution in [2.24, 2.45) is 28.6 Å². The molecule has 11 nitrogen and oxygen atoms in total. The van der Waals surface area contributed by atoms with Gasteiger partial charge in [0.05, 0.1) is 29.6 Å². The minimum absolute atomic E-state index is 0.0760. The van der Waals surface area contributed by atoms with E-state index in [2.05, 4.69) is 0 Å². The molecule has 1 saturated heterocycles. The summed E-state index contributed by atoms with van der Waals surface area (Å²) < 4.78 is 17.5. The lowest BCUT2D eigenvalue weighted by Crippen LogP contribution is -2.84. The standard InChI is InChI=1S/C29H36O11/c1-13-18-20(33)22(34)27(5)16(31)11-17-28(12-38-17,40-14(2)30)21(27)24(39-25(36)15-9-7-6-8-10-15)29(37,26(18,3)4)23(35)19(13)32/h6-10,13,16-21,24,31-33,37H,11-12H2,1-5H3/t13?,16-,17+,18?,19+,20+,21-,24-,27+,28-,29+/m0/s1. The van der Waals surface area contributed by atoms with E-state index in [0.717, 1.165) is 6.92 Å². The molecule has 218 valence electrons. The number of esters is 2. The van der Waals surface area contributed by atoms with Gasteiger partial charge in [0, 0.05) is 24.7 Å². The number of carbonyl (C=O) groups is 4. The first-order valence-corrected chi connectivity index (χ1v) is 13.5. The van der Waals surface area contributed by atoms with E-state index < -0.39 is 93.8 Å². The Bertz CT molecular complexity index is 1250. The van der Waals surface area contributed by atoms with Crippen molar-refractivity contribution in [2.75, 3.05) is 6.61 Å². The van der Waals surface area contributed by atoms with Crippen molar-refractivity contribution in [2.45, 2.75) is 82.8 Å². The Hall–Kier alpha value is -2.70. The highest BCUT2D eigenvalue weighted by atomic mass is 16.6. The van der Waals surface area contributed by atoms with Gasteiger partial charge in [0.25, 0.3) is 0 Å². The number of carbonyl (C=O) groups excluding carboxylic acids is 4. The van der Waals surface area contributed by atoms with Crippen molar-refractivity contribution < 1.29 is 53.8 Å². The van der Waals surface area contributed by atoms with Crippen LogP contribution in [0.4, 0.5) is 0 Å². The van der Waals surface area contributed by atoms with Crippen molar-refractivity contribution in [3.63, 3.8) is 0 Å². The minimum atomic E-state index is -2.69. The summed E-state index contributed by atoms with van der Waals surface area (Å²) >= 11 is 0. The normalized spacial score (nSPS) is 45.6. The van der Waals surface area contributed by atoms with E-state index in [0.29, 0.717) is 0 Å². The first-order chi connectivity index (χ1) is 18.6. The molecule has 1 aromatic carbocycles. The second-order valence-corrected chi connectivity index (χ2v) is 12.5. The predicted octanol–water partition coefficient (Wildman–Crippen LogP) is 0.197. The quantitative estimate of drug-likeness (QED) is 0.371. The fourth-order valence-electron chi connectivity index (χ4n) is 8.11. The van der Waals surface area contributed by atoms with Crippen LogP contribution in [0.1, 0.15) is 51.4 Å². The molecular formula is C29H36O11. The van der Waals surface area contributed by atoms with Crippen LogP contribution in [0.15, 0.2) is 30.3 Å². The van der Waals surface area contributed by atoms with E-state index >= 15 is 0 Å². The minimum Gasteiger partial charge on any atom is -0.455 e. The molecule has 4 aliphatic rings. The number of Topliss-reactive ketones (excluding diaryl/α,β-unsaturated/α-hetero) is 2. The Morgan fingerprint density at radius 1 is 1.00 bits per heavy atom. The molecule has 2 unspecified atom stereocenters. The lowest BCUT2D eigenvalue weighted by molar-refractivity contribution is -0.348. The molecule has 0 aromatic heterocycles. The smallest absolute Gasteiger partial charge is 0.338 e. The van der Waals surface area contributed by atoms with Crippen LogP contribution in [0, 0.1) is 28.6 Å². The average molecular weight is 561 g/mol. The van der Waals surface area contributed by atoms with Crippen LogP contribution in [0.5, 0.6) is 0 Å². The monoisotopic (exact) mass is 560 g/mol. The molecule has 11 heteroatoms. The van der Waals surface area contributed by atoms with Crippen LogP contribution in [0.2, 0.25) is 0 Å². The highest BCUT2D eigenvalue weighted by Crippen LogP contribution is 2.64. The van der Waals surface area contributed by atoms with E-state index in [4.69, 9.17) is 14.2 Å². The maximum atomic E-state index is 14.3. The van der Waals surface area contributed by atoms with Gasteiger partial charge in [-0.05, 0) is 25.0 Å². The first kappa shape index (κ1) is 28.8. The molecule has 4 fully saturated rings. The lowest BCUT2D eigenvalue weighted by atomic mass is 9.42. The van der Waals surface area contributed by atoms with Gasteiger partial charge in [-0.3, -0.25) is 14.4 Å². The number of aliphatic hydroxyl groups excluding tert-OH is 3. The van der Waals surface area contributed by atoms with E-state index in [1.165, 1.54) is 39.8 Å². The van der Waals surface area contributed by atoms with E-state index in [-0.39, 0.29) is 18.6 Å². The number of ketones is 2. The van der Waals surface area contributed by atoms with Crippen molar-refractivity contribution in [3.8, 4) is 0 Å². The number of rotatable bonds is 3. The third kappa shape index (κ3) is 3.48. The second-order valence-electron chi connectivity index (χ2n) is 12.5. The summed E-state index contributed by atoms with van der Waals surface area (Å²) in [5, 5.41) is 46.7. The van der Waals surface area contributed by atoms with Gasteiger partial charge in [0.2, 0.25) is 0 Å². The van der Waals surface area contributed by atoms with Crippen LogP contribution >= 0.6 is 0 Å². The van der Waals surface area contributed by atoms with Crippen LogP contribution in [0.25, 0.3) is 0 Å². The second kappa shape index (κ2) is 9.15. The zero-order chi connectivity index (χ0) is 29.6. The highest BCUT2D eigenvalue weighted by Gasteiger charge is 2.80. The van der Waals surface area contributed by atoms with Gasteiger partial charge >= 0.3 is 11.9 Å². The summed E-state index contributed by atoms with van der Waals surface area (Å²) in [5.74, 6) is -7.31. The maximum Gasteiger partial charge on any atom is 0.338 e. The number of fused-ring (bicyclic) bond motifs is 5. The van der Waals surface area contributed by atoms with Crippen LogP contribution in [-0.4, -0.2) is 92.3 Å². The van der Waals surface area contributed by atoms with Gasteiger partial charge in [0.15, 0.2) is 22.8 Å². The molecule has 11 atom stereocenters. The molecule has 4 N–H and O–H groups in total. The Kier molecular flexibility index (Phi) is 6.59. The summed E-state index contributed by atoms with van der Waals surface area (Å²) in [6.07, 6.45) is -8.17. The summed E-state index contributed by atoms with van der Waals surface area (Å²) in [6.45, 7) is 6.65. The van der Waals surface area contributed by atoms with E-state index in [1.807, 2.05) is 0 Å². The number of hydrogen-bond acceptors (Lipinski definition) is 11. The van der Waals surface area contributed by atoms with Crippen molar-refractivity contribution in [1.29, 1.82) is 0 Å². The SMILES string of the molecule is CC(=O)O[C@@]12CO[C@@H]1C[C@H](O)[C@@]1(C)C(=O)[C@H](O)C3C(C)[C@@H](O)C(=O)[C@@](O)([C@@H](OC(=O)c4ccccc4)[C@H]21)C3(C)C. The number of hydrogen-bond donors (Lipinski definition) is 4. The molecule has 1 heterocycles. The Labute approximate surface area is 231 Å². The summed E-state index contributed by atoms with van der Waals surface area (Å²) in [6, 6.07) is 7.78. The molecule has 0 radical (unpaired) electrons. The van der Waals surface area contributed by atoms with Gasteiger partial charge in [-0.1, -0.05) is 39.0 Å². The van der Waals surface area contributed by atoms with E-state index in [1.54, 1.807) is 18.2 Å². The van der Waals surface area contributed by atoms with Crippen molar-refractivity contribution in [1.82, 2.24) is 0 Å². The summed E-state index contributed by atoms with van der Waals surface area (Å²) in [5.41, 5.74) is -7.94. The molecule has 0 amide bonds. The first-order valence-electron chi connectivity index (χ1n) is 13.5. The summed E-state index contributed by atoms with van der Waals surface area (Å²) in [4.78, 5) is 54.3. The van der Waals surface area contributed by atoms with E-state index in [9.17, 15) is 39.6 Å². The molecule has 2 bridgehead atoms. The van der Waals surface area contributed by atoms with Crippen LogP contribution < -0.4 is 0 Å². The molecule has 3 aliphatic carbocycles. The molecular weight excluding hydrogens is 524 g/mol. The summed E-state index contributed by atoms with van der Waals surface area (Å²) in [7, 11) is 0. The van der Waals surface area contributed by atoms with Gasteiger partial charge in [0.1, 0.15) is 24.4 Å². The van der Waals surface area contributed by atoms with Gasteiger partial charge in [-0.25, -0.2) is 4.79 Å². The Morgan fingerprint density at radius 2 is 1.62 bits per heavy atom. The lowest BCUT2D eigenvalue weighted by Gasteiger charge is -2.68. The Morgan fingerprint density at radius 3 is 2.17 bits per heavy atom. The van der Waals surface area contributed by atoms with Gasteiger partial charge in [-0.2, -0.15) is 0 Å². The third-order valence-electron chi connectivity index (χ3n) is 10.3. The van der Waals surface area contributed by atoms with Gasteiger partial charge in [-0.15, -0.1) is 0 Å². The fourth-order valence-corrected chi connectivity index (χ4v) is 8.11. The fraction of sp³-hybridized carbons (Fsp3) is 0.655. The van der Waals surface area contributed by atoms with Crippen LogP contribution in [0.3, 0.4) is 0 Å². The maximum absolute atomic E-state index is 14.3. The molecule has 5 rings (SSSR count). The van der Waals surface area contributed by atoms with Gasteiger partial charge < -0.3 is 34.6 Å². The Balaban J connectivity index is 1.83. The molecule has 0 spiro atoms. The number of aliphatic hydroxyl groups is 4. The number of benzene rings is 1. The zero-order valence-corrected chi connectivity index (χ0v) is 23.1. The molecule has 1 aliphatic heterocycles. The predicted molar refractivity (Wildman–Crippen MR) is 136 cm³/mol. The molecule has 3 saturated carbocycles. The third-order valence-corrected chi connectivity index (χ3v) is 10.3. The molecule has 40 heavy (non-hydrogen) atoms. The molecule has 1 aromatic rings. The zero-order valence-electron chi connectivity index (χ0n) is 23.1.